The lowest BCUT2D eigenvalue weighted by atomic mass is 10.1. The van der Waals surface area contributed by atoms with Gasteiger partial charge in [-0.05, 0) is 38.5 Å². The Morgan fingerprint density at radius 1 is 1.33 bits per heavy atom. The van der Waals surface area contributed by atoms with E-state index in [-0.39, 0.29) is 11.3 Å². The molecule has 0 bridgehead atoms. The van der Waals surface area contributed by atoms with Crippen LogP contribution in [0.1, 0.15) is 26.3 Å². The summed E-state index contributed by atoms with van der Waals surface area (Å²) in [5.41, 5.74) is 1.01. The van der Waals surface area contributed by atoms with Crippen molar-refractivity contribution in [2.45, 2.75) is 32.7 Å². The molecule has 0 spiro atoms. The van der Waals surface area contributed by atoms with Crippen LogP contribution < -0.4 is 5.32 Å². The number of nitrogens with one attached hydrogen (secondary N) is 1. The summed E-state index contributed by atoms with van der Waals surface area (Å²) >= 11 is 0. The third kappa shape index (κ3) is 5.27. The molecule has 1 rings (SSSR count). The molecule has 1 N–H and O–H groups in total. The van der Waals surface area contributed by atoms with Crippen LogP contribution in [0.4, 0.5) is 0 Å². The average molecular weight is 206 g/mol. The lowest BCUT2D eigenvalue weighted by molar-refractivity contribution is -0.117. The van der Waals surface area contributed by atoms with E-state index in [4.69, 9.17) is 0 Å². The molecule has 0 aromatic carbocycles. The van der Waals surface area contributed by atoms with E-state index < -0.39 is 0 Å². The van der Waals surface area contributed by atoms with Gasteiger partial charge in [-0.2, -0.15) is 0 Å². The van der Waals surface area contributed by atoms with Crippen LogP contribution in [0.2, 0.25) is 0 Å². The lowest BCUT2D eigenvalue weighted by Gasteiger charge is -2.19. The Balaban J connectivity index is 2.38. The molecule has 0 atom stereocenters. The molecule has 1 aromatic heterocycles. The number of Topliss-reactive ketones (excluding diaryl/α,β-unsaturated/α-hetero) is 1. The molecular weight excluding hydrogens is 188 g/mol. The number of hydrogen-bond donors (Lipinski definition) is 1. The molecule has 0 radical (unpaired) electrons. The average Bonchev–Trinajstić information content (AvgIpc) is 2.15. The van der Waals surface area contributed by atoms with Crippen LogP contribution in [0.15, 0.2) is 24.5 Å². The highest BCUT2D eigenvalue weighted by molar-refractivity contribution is 5.82. The van der Waals surface area contributed by atoms with Crippen LogP contribution in [-0.2, 0) is 11.2 Å². The number of hydrogen-bond acceptors (Lipinski definition) is 3. The highest BCUT2D eigenvalue weighted by atomic mass is 16.1. The Morgan fingerprint density at radius 2 is 1.93 bits per heavy atom. The fraction of sp³-hybridized carbons (Fsp3) is 0.500. The van der Waals surface area contributed by atoms with Crippen molar-refractivity contribution in [2.24, 2.45) is 0 Å². The summed E-state index contributed by atoms with van der Waals surface area (Å²) in [4.78, 5) is 15.5. The summed E-state index contributed by atoms with van der Waals surface area (Å²) in [5, 5.41) is 3.18. The molecule has 0 unspecified atom stereocenters. The number of ketones is 1. The number of pyridine rings is 1. The van der Waals surface area contributed by atoms with Gasteiger partial charge in [0, 0.05) is 24.4 Å². The molecule has 0 aliphatic carbocycles. The molecule has 1 aromatic rings. The second-order valence-corrected chi connectivity index (χ2v) is 4.67. The van der Waals surface area contributed by atoms with E-state index in [1.54, 1.807) is 12.4 Å². The van der Waals surface area contributed by atoms with Gasteiger partial charge >= 0.3 is 0 Å². The van der Waals surface area contributed by atoms with E-state index in [2.05, 4.69) is 10.3 Å². The van der Waals surface area contributed by atoms with Crippen molar-refractivity contribution >= 4 is 5.78 Å². The van der Waals surface area contributed by atoms with E-state index >= 15 is 0 Å². The molecule has 0 amide bonds. The molecular formula is C12H18N2O. The second-order valence-electron chi connectivity index (χ2n) is 4.67. The summed E-state index contributed by atoms with van der Waals surface area (Å²) in [6.07, 6.45) is 3.89. The number of carbonyl (C=O) groups excluding carboxylic acids is 1. The monoisotopic (exact) mass is 206 g/mol. The molecule has 1 heterocycles. The summed E-state index contributed by atoms with van der Waals surface area (Å²) in [6.45, 7) is 6.57. The molecule has 15 heavy (non-hydrogen) atoms. The van der Waals surface area contributed by atoms with Gasteiger partial charge in [0.2, 0.25) is 0 Å². The third-order valence-corrected chi connectivity index (χ3v) is 1.97. The van der Waals surface area contributed by atoms with Crippen molar-refractivity contribution in [2.75, 3.05) is 6.54 Å². The molecule has 0 aliphatic heterocycles. The number of rotatable bonds is 4. The van der Waals surface area contributed by atoms with Crippen molar-refractivity contribution in [1.82, 2.24) is 10.3 Å². The van der Waals surface area contributed by atoms with Gasteiger partial charge in [0.15, 0.2) is 5.78 Å². The largest absolute Gasteiger partial charge is 0.305 e. The van der Waals surface area contributed by atoms with Crippen molar-refractivity contribution in [1.29, 1.82) is 0 Å². The van der Waals surface area contributed by atoms with Gasteiger partial charge in [-0.1, -0.05) is 0 Å². The van der Waals surface area contributed by atoms with Crippen LogP contribution in [0.5, 0.6) is 0 Å². The van der Waals surface area contributed by atoms with Gasteiger partial charge in [-0.15, -0.1) is 0 Å². The Hall–Kier alpha value is -1.22. The standard InChI is InChI=1S/C12H18N2O/c1-12(2,3)14-9-11(15)8-10-4-6-13-7-5-10/h4-7,14H,8-9H2,1-3H3. The summed E-state index contributed by atoms with van der Waals surface area (Å²) in [7, 11) is 0. The lowest BCUT2D eigenvalue weighted by Crippen LogP contribution is -2.39. The minimum atomic E-state index is -0.00605. The van der Waals surface area contributed by atoms with Gasteiger partial charge in [0.25, 0.3) is 0 Å². The van der Waals surface area contributed by atoms with Crippen molar-refractivity contribution in [3.63, 3.8) is 0 Å². The first kappa shape index (κ1) is 11.9. The SMILES string of the molecule is CC(C)(C)NCC(=O)Cc1ccncc1. The van der Waals surface area contributed by atoms with Crippen LogP contribution >= 0.6 is 0 Å². The fourth-order valence-corrected chi connectivity index (χ4v) is 1.15. The van der Waals surface area contributed by atoms with E-state index in [9.17, 15) is 4.79 Å². The minimum absolute atomic E-state index is 0.00605. The third-order valence-electron chi connectivity index (χ3n) is 1.97. The maximum Gasteiger partial charge on any atom is 0.150 e. The van der Waals surface area contributed by atoms with Gasteiger partial charge in [0.1, 0.15) is 0 Å². The zero-order valence-electron chi connectivity index (χ0n) is 9.58. The molecule has 3 nitrogen and oxygen atoms in total. The number of nitrogens with zero attached hydrogens (tertiary/aromatic N) is 1. The van der Waals surface area contributed by atoms with Crippen LogP contribution in [0.25, 0.3) is 0 Å². The topological polar surface area (TPSA) is 42.0 Å². The van der Waals surface area contributed by atoms with Crippen molar-refractivity contribution < 1.29 is 4.79 Å². The van der Waals surface area contributed by atoms with E-state index in [0.29, 0.717) is 13.0 Å². The highest BCUT2D eigenvalue weighted by Gasteiger charge is 2.11. The van der Waals surface area contributed by atoms with E-state index in [0.717, 1.165) is 5.56 Å². The Bertz CT molecular complexity index is 314. The van der Waals surface area contributed by atoms with Crippen molar-refractivity contribution in [3.8, 4) is 0 Å². The van der Waals surface area contributed by atoms with Gasteiger partial charge < -0.3 is 5.32 Å². The molecule has 82 valence electrons. The second kappa shape index (κ2) is 5.03. The molecule has 0 saturated heterocycles. The first-order chi connectivity index (χ1) is 6.97. The zero-order chi connectivity index (χ0) is 11.3. The van der Waals surface area contributed by atoms with Gasteiger partial charge in [-0.25, -0.2) is 0 Å². The Morgan fingerprint density at radius 3 is 2.47 bits per heavy atom. The summed E-state index contributed by atoms with van der Waals surface area (Å²) in [6, 6.07) is 3.74. The van der Waals surface area contributed by atoms with E-state index in [1.165, 1.54) is 0 Å². The maximum absolute atomic E-state index is 11.6. The molecule has 0 fully saturated rings. The molecule has 0 aliphatic rings. The quantitative estimate of drug-likeness (QED) is 0.813. The maximum atomic E-state index is 11.6. The van der Waals surface area contributed by atoms with Gasteiger partial charge in [-0.3, -0.25) is 9.78 Å². The fourth-order valence-electron chi connectivity index (χ4n) is 1.15. The van der Waals surface area contributed by atoms with E-state index in [1.807, 2.05) is 32.9 Å². The van der Waals surface area contributed by atoms with Gasteiger partial charge in [0.05, 0.1) is 6.54 Å². The summed E-state index contributed by atoms with van der Waals surface area (Å²) in [5.74, 6) is 0.205. The smallest absolute Gasteiger partial charge is 0.150 e. The Labute approximate surface area is 90.9 Å². The first-order valence-electron chi connectivity index (χ1n) is 5.13. The highest BCUT2D eigenvalue weighted by Crippen LogP contribution is 2.00. The zero-order valence-corrected chi connectivity index (χ0v) is 9.58. The summed E-state index contributed by atoms with van der Waals surface area (Å²) < 4.78 is 0. The molecule has 0 saturated carbocycles. The number of aromatic nitrogens is 1. The molecule has 3 heteroatoms. The van der Waals surface area contributed by atoms with Crippen molar-refractivity contribution in [3.05, 3.63) is 30.1 Å². The minimum Gasteiger partial charge on any atom is -0.305 e. The predicted octanol–water partition coefficient (Wildman–Crippen LogP) is 1.58. The van der Waals surface area contributed by atoms with Crippen LogP contribution in [0, 0.1) is 0 Å². The first-order valence-corrected chi connectivity index (χ1v) is 5.13. The van der Waals surface area contributed by atoms with Crippen LogP contribution in [-0.4, -0.2) is 22.9 Å². The Kier molecular flexibility index (Phi) is 3.97. The normalized spacial score (nSPS) is 11.4. The number of carbonyl (C=O) groups is 1. The van der Waals surface area contributed by atoms with Crippen LogP contribution in [0.3, 0.4) is 0 Å². The predicted molar refractivity (Wildman–Crippen MR) is 60.7 cm³/mol.